The van der Waals surface area contributed by atoms with E-state index in [-0.39, 0.29) is 5.91 Å². The molecule has 1 saturated heterocycles. The third-order valence-electron chi connectivity index (χ3n) is 3.50. The zero-order valence-corrected chi connectivity index (χ0v) is 12.3. The molecule has 6 heteroatoms. The average Bonchev–Trinajstić information content (AvgIpc) is 2.48. The van der Waals surface area contributed by atoms with Gasteiger partial charge in [-0.25, -0.2) is 9.97 Å². The molecule has 1 aliphatic heterocycles. The molecule has 6 nitrogen and oxygen atoms in total. The van der Waals surface area contributed by atoms with Gasteiger partial charge in [-0.2, -0.15) is 0 Å². The SMILES string of the molecule is CCCCNC(=O)c1cnc(N2CCN(C)CC2)nc1. The van der Waals surface area contributed by atoms with Crippen LogP contribution in [0.25, 0.3) is 0 Å². The number of anilines is 1. The average molecular weight is 277 g/mol. The Morgan fingerprint density at radius 2 is 1.90 bits per heavy atom. The Morgan fingerprint density at radius 3 is 2.50 bits per heavy atom. The van der Waals surface area contributed by atoms with Crippen molar-refractivity contribution in [2.45, 2.75) is 19.8 Å². The molecule has 0 spiro atoms. The lowest BCUT2D eigenvalue weighted by Gasteiger charge is -2.32. The number of hydrogen-bond acceptors (Lipinski definition) is 5. The lowest BCUT2D eigenvalue weighted by molar-refractivity contribution is 0.0952. The molecule has 0 unspecified atom stereocenters. The molecule has 0 bridgehead atoms. The summed E-state index contributed by atoms with van der Waals surface area (Å²) in [5, 5.41) is 2.87. The monoisotopic (exact) mass is 277 g/mol. The predicted molar refractivity (Wildman–Crippen MR) is 79.0 cm³/mol. The number of rotatable bonds is 5. The zero-order chi connectivity index (χ0) is 14.4. The highest BCUT2D eigenvalue weighted by atomic mass is 16.1. The highest BCUT2D eigenvalue weighted by molar-refractivity contribution is 5.93. The van der Waals surface area contributed by atoms with Crippen LogP contribution in [-0.2, 0) is 0 Å². The molecule has 0 aliphatic carbocycles. The Bertz CT molecular complexity index is 426. The van der Waals surface area contributed by atoms with Gasteiger partial charge in [-0.1, -0.05) is 13.3 Å². The summed E-state index contributed by atoms with van der Waals surface area (Å²) in [6, 6.07) is 0. The van der Waals surface area contributed by atoms with E-state index >= 15 is 0 Å². The van der Waals surface area contributed by atoms with Crippen LogP contribution in [0, 0.1) is 0 Å². The van der Waals surface area contributed by atoms with E-state index in [1.54, 1.807) is 12.4 Å². The second kappa shape index (κ2) is 7.19. The Hall–Kier alpha value is -1.69. The van der Waals surface area contributed by atoms with E-state index < -0.39 is 0 Å². The molecule has 0 saturated carbocycles. The number of nitrogens with one attached hydrogen (secondary N) is 1. The van der Waals surface area contributed by atoms with Crippen LogP contribution in [0.3, 0.4) is 0 Å². The number of amides is 1. The summed E-state index contributed by atoms with van der Waals surface area (Å²) in [5.41, 5.74) is 0.527. The van der Waals surface area contributed by atoms with E-state index in [1.807, 2.05) is 0 Å². The van der Waals surface area contributed by atoms with E-state index in [0.29, 0.717) is 18.1 Å². The van der Waals surface area contributed by atoms with Crippen LogP contribution in [0.1, 0.15) is 30.1 Å². The van der Waals surface area contributed by atoms with E-state index in [4.69, 9.17) is 0 Å². The fourth-order valence-corrected chi connectivity index (χ4v) is 2.09. The molecule has 0 radical (unpaired) electrons. The molecule has 0 aromatic carbocycles. The summed E-state index contributed by atoms with van der Waals surface area (Å²) >= 11 is 0. The maximum Gasteiger partial charge on any atom is 0.254 e. The number of piperazine rings is 1. The molecule has 1 N–H and O–H groups in total. The second-order valence-corrected chi connectivity index (χ2v) is 5.17. The number of aromatic nitrogens is 2. The van der Waals surface area contributed by atoms with Crippen molar-refractivity contribution < 1.29 is 4.79 Å². The van der Waals surface area contributed by atoms with Crippen LogP contribution in [0.5, 0.6) is 0 Å². The minimum atomic E-state index is -0.0941. The Labute approximate surface area is 120 Å². The van der Waals surface area contributed by atoms with Gasteiger partial charge in [0.05, 0.1) is 5.56 Å². The first-order valence-corrected chi connectivity index (χ1v) is 7.24. The fraction of sp³-hybridized carbons (Fsp3) is 0.643. The first kappa shape index (κ1) is 14.7. The van der Waals surface area contributed by atoms with Crippen molar-refractivity contribution >= 4 is 11.9 Å². The van der Waals surface area contributed by atoms with Crippen molar-refractivity contribution in [1.29, 1.82) is 0 Å². The standard InChI is InChI=1S/C14H23N5O/c1-3-4-5-15-13(20)12-10-16-14(17-11-12)19-8-6-18(2)7-9-19/h10-11H,3-9H2,1-2H3,(H,15,20). The lowest BCUT2D eigenvalue weighted by atomic mass is 10.3. The maximum absolute atomic E-state index is 11.8. The minimum Gasteiger partial charge on any atom is -0.352 e. The molecule has 1 aromatic rings. The largest absolute Gasteiger partial charge is 0.352 e. The predicted octanol–water partition coefficient (Wildman–Crippen LogP) is 0.758. The van der Waals surface area contributed by atoms with Gasteiger partial charge in [0.25, 0.3) is 5.91 Å². The number of likely N-dealkylation sites (N-methyl/N-ethyl adjacent to an activating group) is 1. The minimum absolute atomic E-state index is 0.0941. The van der Waals surface area contributed by atoms with E-state index in [9.17, 15) is 4.79 Å². The smallest absolute Gasteiger partial charge is 0.254 e. The van der Waals surface area contributed by atoms with Gasteiger partial charge >= 0.3 is 0 Å². The lowest BCUT2D eigenvalue weighted by Crippen LogP contribution is -2.45. The number of nitrogens with zero attached hydrogens (tertiary/aromatic N) is 4. The molecule has 2 rings (SSSR count). The molecule has 1 aromatic heterocycles. The van der Waals surface area contributed by atoms with E-state index in [1.165, 1.54) is 0 Å². The van der Waals surface area contributed by atoms with Crippen LogP contribution in [0.15, 0.2) is 12.4 Å². The maximum atomic E-state index is 11.8. The topological polar surface area (TPSA) is 61.4 Å². The summed E-state index contributed by atoms with van der Waals surface area (Å²) < 4.78 is 0. The van der Waals surface area contributed by atoms with Gasteiger partial charge in [-0.3, -0.25) is 4.79 Å². The number of unbranched alkanes of at least 4 members (excludes halogenated alkanes) is 1. The van der Waals surface area contributed by atoms with E-state index in [2.05, 4.69) is 39.1 Å². The molecule has 1 fully saturated rings. The zero-order valence-electron chi connectivity index (χ0n) is 12.3. The number of carbonyl (C=O) groups excluding carboxylic acids is 1. The van der Waals surface area contributed by atoms with Crippen LogP contribution >= 0.6 is 0 Å². The Morgan fingerprint density at radius 1 is 1.25 bits per heavy atom. The van der Waals surface area contributed by atoms with Crippen LogP contribution in [-0.4, -0.2) is 60.5 Å². The third-order valence-corrected chi connectivity index (χ3v) is 3.50. The van der Waals surface area contributed by atoms with Gasteiger partial charge < -0.3 is 15.1 Å². The second-order valence-electron chi connectivity index (χ2n) is 5.17. The van der Waals surface area contributed by atoms with E-state index in [0.717, 1.165) is 39.0 Å². The normalized spacial score (nSPS) is 16.2. The third kappa shape index (κ3) is 3.90. The Balaban J connectivity index is 1.90. The van der Waals surface area contributed by atoms with Gasteiger partial charge in [-0.15, -0.1) is 0 Å². The van der Waals surface area contributed by atoms with Gasteiger partial charge in [-0.05, 0) is 13.5 Å². The van der Waals surface area contributed by atoms with Crippen molar-refractivity contribution in [1.82, 2.24) is 20.2 Å². The molecule has 0 atom stereocenters. The number of hydrogen-bond donors (Lipinski definition) is 1. The van der Waals surface area contributed by atoms with Crippen LogP contribution < -0.4 is 10.2 Å². The first-order chi connectivity index (χ1) is 9.70. The number of carbonyl (C=O) groups is 1. The molecule has 110 valence electrons. The molecule has 20 heavy (non-hydrogen) atoms. The van der Waals surface area contributed by atoms with Crippen molar-refractivity contribution in [3.05, 3.63) is 18.0 Å². The first-order valence-electron chi connectivity index (χ1n) is 7.24. The van der Waals surface area contributed by atoms with Crippen molar-refractivity contribution in [2.75, 3.05) is 44.7 Å². The van der Waals surface area contributed by atoms with Crippen LogP contribution in [0.4, 0.5) is 5.95 Å². The summed E-state index contributed by atoms with van der Waals surface area (Å²) in [5.74, 6) is 0.617. The quantitative estimate of drug-likeness (QED) is 0.805. The van der Waals surface area contributed by atoms with Gasteiger partial charge in [0.1, 0.15) is 0 Å². The van der Waals surface area contributed by atoms with Crippen molar-refractivity contribution in [3.8, 4) is 0 Å². The molecule has 1 amide bonds. The summed E-state index contributed by atoms with van der Waals surface area (Å²) in [6.45, 7) is 6.69. The van der Waals surface area contributed by atoms with Gasteiger partial charge in [0, 0.05) is 45.1 Å². The summed E-state index contributed by atoms with van der Waals surface area (Å²) in [7, 11) is 2.11. The molecular weight excluding hydrogens is 254 g/mol. The van der Waals surface area contributed by atoms with Crippen molar-refractivity contribution in [3.63, 3.8) is 0 Å². The summed E-state index contributed by atoms with van der Waals surface area (Å²) in [4.78, 5) is 24.9. The highest BCUT2D eigenvalue weighted by Crippen LogP contribution is 2.10. The molecular formula is C14H23N5O. The molecule has 1 aliphatic rings. The van der Waals surface area contributed by atoms with Gasteiger partial charge in [0.2, 0.25) is 5.95 Å². The highest BCUT2D eigenvalue weighted by Gasteiger charge is 2.16. The molecule has 2 heterocycles. The summed E-state index contributed by atoms with van der Waals surface area (Å²) in [6.07, 6.45) is 5.29. The fourth-order valence-electron chi connectivity index (χ4n) is 2.09. The van der Waals surface area contributed by atoms with Crippen molar-refractivity contribution in [2.24, 2.45) is 0 Å². The van der Waals surface area contributed by atoms with Gasteiger partial charge in [0.15, 0.2) is 0 Å². The Kier molecular flexibility index (Phi) is 5.29. The van der Waals surface area contributed by atoms with Crippen LogP contribution in [0.2, 0.25) is 0 Å².